The molecule has 1 aromatic rings. The van der Waals surface area contributed by atoms with E-state index in [1.807, 2.05) is 24.3 Å². The van der Waals surface area contributed by atoms with Crippen molar-refractivity contribution in [1.29, 1.82) is 0 Å². The van der Waals surface area contributed by atoms with Crippen molar-refractivity contribution in [2.24, 2.45) is 5.92 Å². The highest BCUT2D eigenvalue weighted by Crippen LogP contribution is 2.24. The Morgan fingerprint density at radius 3 is 2.45 bits per heavy atom. The van der Waals surface area contributed by atoms with Crippen molar-refractivity contribution in [3.05, 3.63) is 34.9 Å². The number of aliphatic hydroxyl groups excluding tert-OH is 1. The predicted molar refractivity (Wildman–Crippen MR) is 86.6 cm³/mol. The van der Waals surface area contributed by atoms with Gasteiger partial charge in [0.05, 0.1) is 0 Å². The van der Waals surface area contributed by atoms with Gasteiger partial charge in [-0.15, -0.1) is 0 Å². The first-order valence-corrected chi connectivity index (χ1v) is 8.45. The van der Waals surface area contributed by atoms with E-state index in [-0.39, 0.29) is 11.8 Å². The number of amides is 1. The summed E-state index contributed by atoms with van der Waals surface area (Å²) >= 11 is 5.90. The van der Waals surface area contributed by atoms with Crippen molar-refractivity contribution >= 4 is 17.5 Å². The molecule has 0 spiro atoms. The Morgan fingerprint density at radius 2 is 1.86 bits per heavy atom. The Balaban J connectivity index is 1.45. The Kier molecular flexibility index (Phi) is 5.01. The highest BCUT2D eigenvalue weighted by molar-refractivity contribution is 6.30. The third-order valence-corrected chi connectivity index (χ3v) is 4.84. The van der Waals surface area contributed by atoms with Crippen LogP contribution in [0.25, 0.3) is 0 Å². The van der Waals surface area contributed by atoms with Crippen molar-refractivity contribution < 1.29 is 9.90 Å². The van der Waals surface area contributed by atoms with Crippen LogP contribution in [0.15, 0.2) is 24.3 Å². The van der Waals surface area contributed by atoms with Crippen LogP contribution in [-0.4, -0.2) is 41.1 Å². The van der Waals surface area contributed by atoms with Gasteiger partial charge in [-0.2, -0.15) is 0 Å². The lowest BCUT2D eigenvalue weighted by molar-refractivity contribution is -0.133. The summed E-state index contributed by atoms with van der Waals surface area (Å²) in [6.07, 6.45) is 2.99. The molecule has 1 saturated carbocycles. The molecular weight excluding hydrogens is 300 g/mol. The summed E-state index contributed by atoms with van der Waals surface area (Å²) in [5.41, 5.74) is 1.25. The normalized spacial score (nSPS) is 21.5. The molecule has 1 aliphatic carbocycles. The van der Waals surface area contributed by atoms with Crippen LogP contribution in [0.4, 0.5) is 0 Å². The molecule has 22 heavy (non-hydrogen) atoms. The largest absolute Gasteiger partial charge is 0.383 e. The molecule has 3 rings (SSSR count). The van der Waals surface area contributed by atoms with Crippen LogP contribution in [0.2, 0.25) is 5.02 Å². The van der Waals surface area contributed by atoms with Crippen LogP contribution in [-0.2, 0) is 11.3 Å². The average Bonchev–Trinajstić information content (AvgIpc) is 3.33. The smallest absolute Gasteiger partial charge is 0.249 e. The maximum atomic E-state index is 11.9. The lowest BCUT2D eigenvalue weighted by Crippen LogP contribution is -2.44. The Morgan fingerprint density at radius 1 is 1.23 bits per heavy atom. The predicted octanol–water partition coefficient (Wildman–Crippen LogP) is 2.19. The van der Waals surface area contributed by atoms with E-state index >= 15 is 0 Å². The maximum Gasteiger partial charge on any atom is 0.249 e. The molecule has 1 atom stereocenters. The van der Waals surface area contributed by atoms with Gasteiger partial charge in [0, 0.05) is 17.6 Å². The molecule has 1 aliphatic heterocycles. The van der Waals surface area contributed by atoms with Gasteiger partial charge >= 0.3 is 0 Å². The minimum Gasteiger partial charge on any atom is -0.383 e. The number of nitrogens with zero attached hydrogens (tertiary/aromatic N) is 1. The summed E-state index contributed by atoms with van der Waals surface area (Å²) in [6, 6.07) is 8.23. The number of piperidine rings is 1. The van der Waals surface area contributed by atoms with Crippen molar-refractivity contribution in [2.45, 2.75) is 44.4 Å². The zero-order valence-electron chi connectivity index (χ0n) is 12.7. The van der Waals surface area contributed by atoms with Gasteiger partial charge in [-0.3, -0.25) is 9.69 Å². The molecule has 0 aromatic heterocycles. The molecule has 120 valence electrons. The van der Waals surface area contributed by atoms with Gasteiger partial charge < -0.3 is 10.4 Å². The van der Waals surface area contributed by atoms with Crippen LogP contribution in [0, 0.1) is 5.92 Å². The first-order chi connectivity index (χ1) is 10.6. The van der Waals surface area contributed by atoms with Crippen molar-refractivity contribution in [3.63, 3.8) is 0 Å². The van der Waals surface area contributed by atoms with Crippen LogP contribution >= 0.6 is 11.6 Å². The molecule has 1 unspecified atom stereocenters. The molecule has 1 saturated heterocycles. The van der Waals surface area contributed by atoms with Crippen LogP contribution in [0.1, 0.15) is 31.2 Å². The van der Waals surface area contributed by atoms with E-state index in [1.165, 1.54) is 5.56 Å². The molecule has 2 N–H and O–H groups in total. The number of carbonyl (C=O) groups excluding carboxylic acids is 1. The zero-order valence-corrected chi connectivity index (χ0v) is 13.4. The number of likely N-dealkylation sites (tertiary alicyclic amines) is 1. The number of hydrogen-bond donors (Lipinski definition) is 2. The van der Waals surface area contributed by atoms with Crippen LogP contribution in [0.3, 0.4) is 0 Å². The summed E-state index contributed by atoms with van der Waals surface area (Å²) in [5.74, 6) is -0.0983. The molecule has 1 aromatic carbocycles. The molecule has 0 bridgehead atoms. The SMILES string of the molecule is O=C(NC1CC1)C(O)C1CCN(Cc2ccc(Cl)cc2)CC1. The summed E-state index contributed by atoms with van der Waals surface area (Å²) in [4.78, 5) is 14.3. The summed E-state index contributed by atoms with van der Waals surface area (Å²) in [5, 5.41) is 13.8. The molecule has 1 heterocycles. The minimum absolute atomic E-state index is 0.0835. The Bertz CT molecular complexity index is 508. The number of benzene rings is 1. The average molecular weight is 323 g/mol. The molecule has 2 aliphatic rings. The number of halogens is 1. The van der Waals surface area contributed by atoms with Crippen molar-refractivity contribution in [2.75, 3.05) is 13.1 Å². The number of hydrogen-bond acceptors (Lipinski definition) is 3. The van der Waals surface area contributed by atoms with E-state index in [2.05, 4.69) is 10.2 Å². The van der Waals surface area contributed by atoms with E-state index in [0.29, 0.717) is 6.04 Å². The third-order valence-electron chi connectivity index (χ3n) is 4.59. The molecular formula is C17H23ClN2O2. The first kappa shape index (κ1) is 15.8. The second kappa shape index (κ2) is 6.99. The van der Waals surface area contributed by atoms with Gasteiger partial charge in [-0.05, 0) is 62.4 Å². The molecule has 4 nitrogen and oxygen atoms in total. The zero-order chi connectivity index (χ0) is 15.5. The van der Waals surface area contributed by atoms with Crippen molar-refractivity contribution in [1.82, 2.24) is 10.2 Å². The fourth-order valence-corrected chi connectivity index (χ4v) is 3.13. The van der Waals surface area contributed by atoms with Crippen LogP contribution in [0.5, 0.6) is 0 Å². The molecule has 1 amide bonds. The monoisotopic (exact) mass is 322 g/mol. The summed E-state index contributed by atoms with van der Waals surface area (Å²) in [6.45, 7) is 2.73. The molecule has 5 heteroatoms. The second-order valence-electron chi connectivity index (χ2n) is 6.47. The van der Waals surface area contributed by atoms with E-state index in [4.69, 9.17) is 11.6 Å². The number of carbonyl (C=O) groups is 1. The van der Waals surface area contributed by atoms with Gasteiger partial charge in [0.15, 0.2) is 0 Å². The maximum absolute atomic E-state index is 11.9. The number of nitrogens with one attached hydrogen (secondary N) is 1. The fraction of sp³-hybridized carbons (Fsp3) is 0.588. The van der Waals surface area contributed by atoms with Crippen molar-refractivity contribution in [3.8, 4) is 0 Å². The van der Waals surface area contributed by atoms with E-state index in [0.717, 1.165) is 50.3 Å². The lowest BCUT2D eigenvalue weighted by atomic mass is 9.90. The van der Waals surface area contributed by atoms with Gasteiger partial charge in [0.25, 0.3) is 0 Å². The van der Waals surface area contributed by atoms with Gasteiger partial charge in [-0.25, -0.2) is 0 Å². The fourth-order valence-electron chi connectivity index (χ4n) is 3.00. The van der Waals surface area contributed by atoms with Gasteiger partial charge in [-0.1, -0.05) is 23.7 Å². The highest BCUT2D eigenvalue weighted by Gasteiger charge is 2.32. The van der Waals surface area contributed by atoms with Gasteiger partial charge in [0.2, 0.25) is 5.91 Å². The number of aliphatic hydroxyl groups is 1. The van der Waals surface area contributed by atoms with Crippen LogP contribution < -0.4 is 5.32 Å². The van der Waals surface area contributed by atoms with E-state index < -0.39 is 6.10 Å². The lowest BCUT2D eigenvalue weighted by Gasteiger charge is -2.33. The molecule has 0 radical (unpaired) electrons. The number of rotatable bonds is 5. The quantitative estimate of drug-likeness (QED) is 0.873. The Labute approximate surface area is 136 Å². The van der Waals surface area contributed by atoms with E-state index in [9.17, 15) is 9.90 Å². The summed E-state index contributed by atoms with van der Waals surface area (Å²) in [7, 11) is 0. The standard InChI is InChI=1S/C17H23ClN2O2/c18-14-3-1-12(2-4-14)11-20-9-7-13(8-10-20)16(21)17(22)19-15-5-6-15/h1-4,13,15-16,21H,5-11H2,(H,19,22). The first-order valence-electron chi connectivity index (χ1n) is 8.07. The Hall–Kier alpha value is -1.10. The van der Waals surface area contributed by atoms with Gasteiger partial charge in [0.1, 0.15) is 6.10 Å². The third kappa shape index (κ3) is 4.22. The van der Waals surface area contributed by atoms with E-state index in [1.54, 1.807) is 0 Å². The molecule has 2 fully saturated rings. The second-order valence-corrected chi connectivity index (χ2v) is 6.90. The summed E-state index contributed by atoms with van der Waals surface area (Å²) < 4.78 is 0. The highest BCUT2D eigenvalue weighted by atomic mass is 35.5. The topological polar surface area (TPSA) is 52.6 Å². The minimum atomic E-state index is -0.849.